The molecule has 2 atom stereocenters. The molecule has 202 valence electrons. The number of hydrogen-bond donors (Lipinski definition) is 0. The van der Waals surface area contributed by atoms with Crippen LogP contribution in [0.4, 0.5) is 0 Å². The quantitative estimate of drug-likeness (QED) is 0.227. The van der Waals surface area contributed by atoms with Crippen molar-refractivity contribution in [1.29, 1.82) is 0 Å². The Morgan fingerprint density at radius 1 is 0.667 bits per heavy atom. The van der Waals surface area contributed by atoms with E-state index in [-0.39, 0.29) is 5.92 Å². The highest BCUT2D eigenvalue weighted by atomic mass is 16.5. The van der Waals surface area contributed by atoms with Crippen LogP contribution in [0, 0.1) is 0 Å². The molecule has 0 spiro atoms. The third-order valence-corrected chi connectivity index (χ3v) is 8.61. The maximum atomic E-state index is 6.49. The summed E-state index contributed by atoms with van der Waals surface area (Å²) in [5.41, 5.74) is 9.20. The highest BCUT2D eigenvalue weighted by Crippen LogP contribution is 2.52. The predicted molar refractivity (Wildman–Crippen MR) is 169 cm³/mol. The predicted octanol–water partition coefficient (Wildman–Crippen LogP) is 9.24. The molecule has 0 saturated carbocycles. The van der Waals surface area contributed by atoms with Crippen molar-refractivity contribution in [2.24, 2.45) is 0 Å². The molecule has 4 nitrogen and oxygen atoms in total. The van der Waals surface area contributed by atoms with E-state index in [4.69, 9.17) is 19.7 Å². The number of allylic oxidation sites excluding steroid dienone is 5. The molecule has 0 amide bonds. The number of nitrogens with zero attached hydrogens (tertiary/aromatic N) is 3. The van der Waals surface area contributed by atoms with Gasteiger partial charge in [0.1, 0.15) is 11.5 Å². The standard InChI is InChI=1S/C38H29N3O/c1-24-31-15-9-8-14-29(31)22-34-35(24)32-21-20-30(23-33(32)42-34)38-40-36(27-12-6-3-7-13-27)39-37(41-38)28-18-16-26(17-19-28)25-10-4-2-5-11-25/h2-6,8-12,14-24,35H,7,13H2,1H3. The molecule has 0 bridgehead atoms. The molecule has 4 aromatic carbocycles. The molecule has 3 aliphatic rings. The number of benzene rings is 4. The van der Waals surface area contributed by atoms with Crippen molar-refractivity contribution in [2.45, 2.75) is 31.6 Å². The van der Waals surface area contributed by atoms with Gasteiger partial charge in [-0.25, -0.2) is 15.0 Å². The van der Waals surface area contributed by atoms with E-state index in [9.17, 15) is 0 Å². The second-order valence-corrected chi connectivity index (χ2v) is 11.2. The summed E-state index contributed by atoms with van der Waals surface area (Å²) in [6, 6.07) is 33.9. The van der Waals surface area contributed by atoms with Gasteiger partial charge in [0.25, 0.3) is 0 Å². The first-order chi connectivity index (χ1) is 20.7. The van der Waals surface area contributed by atoms with Crippen molar-refractivity contribution < 1.29 is 4.74 Å². The number of fused-ring (bicyclic) bond motifs is 4. The lowest BCUT2D eigenvalue weighted by atomic mass is 9.77. The Kier molecular flexibility index (Phi) is 5.92. The fraction of sp³-hybridized carbons (Fsp3) is 0.132. The van der Waals surface area contributed by atoms with E-state index in [1.54, 1.807) is 0 Å². The van der Waals surface area contributed by atoms with Crippen molar-refractivity contribution in [3.63, 3.8) is 0 Å². The molecule has 0 N–H and O–H groups in total. The maximum absolute atomic E-state index is 6.49. The second kappa shape index (κ2) is 10.1. The van der Waals surface area contributed by atoms with E-state index in [2.05, 4.69) is 122 Å². The highest BCUT2D eigenvalue weighted by molar-refractivity contribution is 5.73. The van der Waals surface area contributed by atoms with Gasteiger partial charge in [-0.1, -0.05) is 116 Å². The van der Waals surface area contributed by atoms with Gasteiger partial charge in [-0.2, -0.15) is 0 Å². The maximum Gasteiger partial charge on any atom is 0.164 e. The molecule has 1 aromatic heterocycles. The minimum Gasteiger partial charge on any atom is -0.461 e. The lowest BCUT2D eigenvalue weighted by Gasteiger charge is -2.26. The molecule has 2 aliphatic carbocycles. The number of ether oxygens (including phenoxy) is 1. The molecular weight excluding hydrogens is 514 g/mol. The van der Waals surface area contributed by atoms with Crippen LogP contribution in [0.15, 0.2) is 121 Å². The summed E-state index contributed by atoms with van der Waals surface area (Å²) in [5, 5.41) is 0. The van der Waals surface area contributed by atoms with Gasteiger partial charge in [0.2, 0.25) is 0 Å². The molecule has 5 aromatic rings. The van der Waals surface area contributed by atoms with Gasteiger partial charge in [-0.15, -0.1) is 0 Å². The van der Waals surface area contributed by atoms with Gasteiger partial charge >= 0.3 is 0 Å². The van der Waals surface area contributed by atoms with Gasteiger partial charge in [0.15, 0.2) is 17.5 Å². The Hall–Kier alpha value is -5.09. The SMILES string of the molecule is CC1c2ccccc2C=C2Oc3cc(-c4nc(C5=CC=CCC5)nc(-c5ccc(-c6ccccc6)cc5)n4)ccc3C21. The van der Waals surface area contributed by atoms with Crippen molar-refractivity contribution in [3.05, 3.63) is 144 Å². The monoisotopic (exact) mass is 543 g/mol. The topological polar surface area (TPSA) is 47.9 Å². The Labute approximate surface area is 245 Å². The van der Waals surface area contributed by atoms with Crippen molar-refractivity contribution in [2.75, 3.05) is 0 Å². The molecule has 0 fully saturated rings. The first-order valence-corrected chi connectivity index (χ1v) is 14.6. The average Bonchev–Trinajstić information content (AvgIpc) is 3.43. The lowest BCUT2D eigenvalue weighted by Crippen LogP contribution is -2.13. The Morgan fingerprint density at radius 2 is 1.36 bits per heavy atom. The molecular formula is C38H29N3O. The van der Waals surface area contributed by atoms with E-state index in [0.29, 0.717) is 17.6 Å². The van der Waals surface area contributed by atoms with Gasteiger partial charge in [-0.3, -0.25) is 0 Å². The molecule has 1 aliphatic heterocycles. The fourth-order valence-electron chi connectivity index (χ4n) is 6.40. The molecule has 8 rings (SSSR count). The number of hydrogen-bond acceptors (Lipinski definition) is 4. The summed E-state index contributed by atoms with van der Waals surface area (Å²) in [6.45, 7) is 2.29. The lowest BCUT2D eigenvalue weighted by molar-refractivity contribution is 0.415. The van der Waals surface area contributed by atoms with Crippen molar-refractivity contribution >= 4 is 11.6 Å². The second-order valence-electron chi connectivity index (χ2n) is 11.2. The fourth-order valence-corrected chi connectivity index (χ4v) is 6.40. The van der Waals surface area contributed by atoms with E-state index in [1.165, 1.54) is 22.3 Å². The van der Waals surface area contributed by atoms with Crippen LogP contribution < -0.4 is 4.74 Å². The Morgan fingerprint density at radius 3 is 2.17 bits per heavy atom. The van der Waals surface area contributed by atoms with Crippen LogP contribution in [-0.4, -0.2) is 15.0 Å². The van der Waals surface area contributed by atoms with Crippen LogP contribution in [-0.2, 0) is 0 Å². The molecule has 4 heteroatoms. The summed E-state index contributed by atoms with van der Waals surface area (Å²) < 4.78 is 6.49. The van der Waals surface area contributed by atoms with Crippen LogP contribution >= 0.6 is 0 Å². The summed E-state index contributed by atoms with van der Waals surface area (Å²) in [6.07, 6.45) is 10.5. The van der Waals surface area contributed by atoms with E-state index in [0.717, 1.165) is 52.4 Å². The Bertz CT molecular complexity index is 1920. The zero-order chi connectivity index (χ0) is 28.0. The van der Waals surface area contributed by atoms with Gasteiger partial charge in [0, 0.05) is 16.7 Å². The Balaban J connectivity index is 1.19. The van der Waals surface area contributed by atoms with Crippen LogP contribution in [0.3, 0.4) is 0 Å². The molecule has 0 saturated heterocycles. The first-order valence-electron chi connectivity index (χ1n) is 14.6. The average molecular weight is 544 g/mol. The van der Waals surface area contributed by atoms with Crippen LogP contribution in [0.1, 0.15) is 54.1 Å². The van der Waals surface area contributed by atoms with E-state index < -0.39 is 0 Å². The normalized spacial score (nSPS) is 18.3. The van der Waals surface area contributed by atoms with E-state index >= 15 is 0 Å². The highest BCUT2D eigenvalue weighted by Gasteiger charge is 2.38. The minimum atomic E-state index is 0.218. The summed E-state index contributed by atoms with van der Waals surface area (Å²) >= 11 is 0. The summed E-state index contributed by atoms with van der Waals surface area (Å²) in [4.78, 5) is 14.9. The van der Waals surface area contributed by atoms with Gasteiger partial charge < -0.3 is 4.74 Å². The summed E-state index contributed by atoms with van der Waals surface area (Å²) in [7, 11) is 0. The number of rotatable bonds is 4. The van der Waals surface area contributed by atoms with Gasteiger partial charge in [-0.05, 0) is 58.7 Å². The third-order valence-electron chi connectivity index (χ3n) is 8.61. The van der Waals surface area contributed by atoms with Crippen LogP contribution in [0.25, 0.3) is 45.6 Å². The summed E-state index contributed by atoms with van der Waals surface area (Å²) in [5.74, 6) is 4.52. The van der Waals surface area contributed by atoms with Crippen LogP contribution in [0.5, 0.6) is 5.75 Å². The van der Waals surface area contributed by atoms with E-state index in [1.807, 2.05) is 6.07 Å². The zero-order valence-electron chi connectivity index (χ0n) is 23.4. The van der Waals surface area contributed by atoms with Gasteiger partial charge in [0.05, 0.1) is 5.92 Å². The molecule has 2 heterocycles. The van der Waals surface area contributed by atoms with Crippen molar-refractivity contribution in [1.82, 2.24) is 15.0 Å². The van der Waals surface area contributed by atoms with Crippen LogP contribution in [0.2, 0.25) is 0 Å². The third kappa shape index (κ3) is 4.27. The molecule has 0 radical (unpaired) electrons. The largest absolute Gasteiger partial charge is 0.461 e. The molecule has 42 heavy (non-hydrogen) atoms. The molecule has 2 unspecified atom stereocenters. The minimum absolute atomic E-state index is 0.218. The van der Waals surface area contributed by atoms with Crippen molar-refractivity contribution in [3.8, 4) is 39.7 Å². The number of aromatic nitrogens is 3. The smallest absolute Gasteiger partial charge is 0.164 e. The zero-order valence-corrected chi connectivity index (χ0v) is 23.4. The first kappa shape index (κ1) is 24.7.